The first kappa shape index (κ1) is 16.0. The maximum absolute atomic E-state index is 12.5. The molecule has 0 atom stereocenters. The van der Waals surface area contributed by atoms with E-state index in [1.807, 2.05) is 0 Å². The Morgan fingerprint density at radius 1 is 1.24 bits per heavy atom. The van der Waals surface area contributed by atoms with Crippen molar-refractivity contribution in [2.45, 2.75) is 37.5 Å². The summed E-state index contributed by atoms with van der Waals surface area (Å²) in [6.45, 7) is 3.29. The van der Waals surface area contributed by atoms with Gasteiger partial charge < -0.3 is 5.11 Å². The number of aliphatic carboxylic acids is 1. The summed E-state index contributed by atoms with van der Waals surface area (Å²) in [5.74, 6) is -0.274. The zero-order valence-electron chi connectivity index (χ0n) is 12.2. The van der Waals surface area contributed by atoms with E-state index >= 15 is 0 Å². The summed E-state index contributed by atoms with van der Waals surface area (Å²) in [5.41, 5.74) is 0.837. The first-order chi connectivity index (χ1) is 9.89. The molecule has 1 N–H and O–H groups in total. The predicted molar refractivity (Wildman–Crippen MR) is 79.6 cm³/mol. The number of aryl methyl sites for hydroxylation is 1. The minimum atomic E-state index is -3.42. The van der Waals surface area contributed by atoms with Crippen molar-refractivity contribution in [1.29, 1.82) is 0 Å². The number of carbonyl (C=O) groups is 1. The van der Waals surface area contributed by atoms with Gasteiger partial charge in [-0.3, -0.25) is 4.79 Å². The molecule has 0 aliphatic carbocycles. The van der Waals surface area contributed by atoms with Crippen molar-refractivity contribution in [3.63, 3.8) is 0 Å². The highest BCUT2D eigenvalue weighted by Crippen LogP contribution is 2.23. The van der Waals surface area contributed by atoms with Crippen LogP contribution in [0.25, 0.3) is 0 Å². The Labute approximate surface area is 125 Å². The van der Waals surface area contributed by atoms with E-state index in [2.05, 4.69) is 6.92 Å². The van der Waals surface area contributed by atoms with Gasteiger partial charge in [-0.2, -0.15) is 4.31 Å². The van der Waals surface area contributed by atoms with Crippen LogP contribution in [-0.4, -0.2) is 36.9 Å². The SMILES string of the molecule is CC1CCN(S(=O)(=O)c2ccc(CCC(=O)O)cc2)CC1. The molecule has 0 aromatic heterocycles. The van der Waals surface area contributed by atoms with E-state index in [4.69, 9.17) is 5.11 Å². The fourth-order valence-electron chi connectivity index (χ4n) is 2.45. The lowest BCUT2D eigenvalue weighted by atomic mass is 10.0. The third-order valence-electron chi connectivity index (χ3n) is 3.93. The fourth-order valence-corrected chi connectivity index (χ4v) is 3.92. The standard InChI is InChI=1S/C15H21NO4S/c1-12-8-10-16(11-9-12)21(19,20)14-5-2-13(3-6-14)4-7-15(17)18/h2-3,5-6,12H,4,7-11H2,1H3,(H,17,18). The molecule has 1 saturated heterocycles. The molecule has 0 saturated carbocycles. The summed E-state index contributed by atoms with van der Waals surface area (Å²) >= 11 is 0. The molecule has 0 amide bonds. The van der Waals surface area contributed by atoms with Gasteiger partial charge in [0.05, 0.1) is 4.90 Å². The molecule has 0 spiro atoms. The molecule has 0 unspecified atom stereocenters. The van der Waals surface area contributed by atoms with Gasteiger partial charge in [0.1, 0.15) is 0 Å². The normalized spacial score (nSPS) is 17.8. The molecule has 0 radical (unpaired) electrons. The topological polar surface area (TPSA) is 74.7 Å². The van der Waals surface area contributed by atoms with Gasteiger partial charge in [-0.25, -0.2) is 8.42 Å². The van der Waals surface area contributed by atoms with E-state index in [0.717, 1.165) is 18.4 Å². The second kappa shape index (κ2) is 6.58. The number of piperidine rings is 1. The lowest BCUT2D eigenvalue weighted by Gasteiger charge is -2.29. The molecule has 5 nitrogen and oxygen atoms in total. The van der Waals surface area contributed by atoms with Crippen LogP contribution in [0, 0.1) is 5.92 Å². The third-order valence-corrected chi connectivity index (χ3v) is 5.84. The first-order valence-electron chi connectivity index (χ1n) is 7.20. The van der Waals surface area contributed by atoms with E-state index in [1.54, 1.807) is 28.6 Å². The lowest BCUT2D eigenvalue weighted by molar-refractivity contribution is -0.136. The van der Waals surface area contributed by atoms with Crippen molar-refractivity contribution in [3.8, 4) is 0 Å². The van der Waals surface area contributed by atoms with Crippen LogP contribution in [0.2, 0.25) is 0 Å². The molecular weight excluding hydrogens is 290 g/mol. The smallest absolute Gasteiger partial charge is 0.303 e. The minimum Gasteiger partial charge on any atom is -0.481 e. The highest BCUT2D eigenvalue weighted by Gasteiger charge is 2.27. The van der Waals surface area contributed by atoms with Gasteiger partial charge in [-0.05, 0) is 42.9 Å². The van der Waals surface area contributed by atoms with E-state index in [-0.39, 0.29) is 11.3 Å². The number of rotatable bonds is 5. The average Bonchev–Trinajstić information content (AvgIpc) is 2.46. The van der Waals surface area contributed by atoms with E-state index < -0.39 is 16.0 Å². The Balaban J connectivity index is 2.08. The molecule has 1 aromatic carbocycles. The highest BCUT2D eigenvalue weighted by atomic mass is 32.2. The van der Waals surface area contributed by atoms with Crippen LogP contribution in [0.4, 0.5) is 0 Å². The summed E-state index contributed by atoms with van der Waals surface area (Å²) in [5, 5.41) is 8.65. The zero-order chi connectivity index (χ0) is 15.5. The molecule has 2 rings (SSSR count). The van der Waals surface area contributed by atoms with Crippen molar-refractivity contribution in [2.75, 3.05) is 13.1 Å². The molecule has 0 bridgehead atoms. The molecule has 116 valence electrons. The summed E-state index contributed by atoms with van der Waals surface area (Å²) in [6.07, 6.45) is 2.26. The molecule has 1 aliphatic heterocycles. The van der Waals surface area contributed by atoms with Crippen LogP contribution in [0.5, 0.6) is 0 Å². The van der Waals surface area contributed by atoms with E-state index in [9.17, 15) is 13.2 Å². The van der Waals surface area contributed by atoms with Crippen LogP contribution in [0.15, 0.2) is 29.2 Å². The van der Waals surface area contributed by atoms with Crippen molar-refractivity contribution in [3.05, 3.63) is 29.8 Å². The number of benzene rings is 1. The Morgan fingerprint density at radius 2 is 1.81 bits per heavy atom. The molecule has 6 heteroatoms. The van der Waals surface area contributed by atoms with Gasteiger partial charge >= 0.3 is 5.97 Å². The van der Waals surface area contributed by atoms with Gasteiger partial charge in [-0.1, -0.05) is 19.1 Å². The summed E-state index contributed by atoms with van der Waals surface area (Å²) in [4.78, 5) is 10.8. The van der Waals surface area contributed by atoms with Crippen LogP contribution < -0.4 is 0 Å². The lowest BCUT2D eigenvalue weighted by Crippen LogP contribution is -2.37. The van der Waals surface area contributed by atoms with Crippen molar-refractivity contribution in [2.24, 2.45) is 5.92 Å². The average molecular weight is 311 g/mol. The number of carboxylic acids is 1. The monoisotopic (exact) mass is 311 g/mol. The van der Waals surface area contributed by atoms with E-state index in [1.165, 1.54) is 0 Å². The van der Waals surface area contributed by atoms with Gasteiger partial charge in [0.25, 0.3) is 0 Å². The van der Waals surface area contributed by atoms with E-state index in [0.29, 0.717) is 25.4 Å². The van der Waals surface area contributed by atoms with Gasteiger partial charge in [0.2, 0.25) is 10.0 Å². The second-order valence-corrected chi connectivity index (χ2v) is 7.56. The maximum Gasteiger partial charge on any atom is 0.303 e. The summed E-state index contributed by atoms with van der Waals surface area (Å²) < 4.78 is 26.5. The van der Waals surface area contributed by atoms with Crippen molar-refractivity contribution < 1.29 is 18.3 Å². The molecule has 1 fully saturated rings. The van der Waals surface area contributed by atoms with Crippen molar-refractivity contribution in [1.82, 2.24) is 4.31 Å². The quantitative estimate of drug-likeness (QED) is 0.904. The van der Waals surface area contributed by atoms with Crippen molar-refractivity contribution >= 4 is 16.0 Å². The Bertz CT molecular complexity index is 587. The Hall–Kier alpha value is -1.40. The number of carboxylic acid groups (broad SMARTS) is 1. The minimum absolute atomic E-state index is 0.0517. The second-order valence-electron chi connectivity index (χ2n) is 5.62. The molecule has 1 aliphatic rings. The number of hydrogen-bond donors (Lipinski definition) is 1. The zero-order valence-corrected chi connectivity index (χ0v) is 13.0. The summed E-state index contributed by atoms with van der Waals surface area (Å²) in [6, 6.07) is 6.54. The largest absolute Gasteiger partial charge is 0.481 e. The fraction of sp³-hybridized carbons (Fsp3) is 0.533. The van der Waals surface area contributed by atoms with Crippen LogP contribution in [-0.2, 0) is 21.2 Å². The van der Waals surface area contributed by atoms with Gasteiger partial charge in [0.15, 0.2) is 0 Å². The van der Waals surface area contributed by atoms with Gasteiger partial charge in [0, 0.05) is 19.5 Å². The van der Waals surface area contributed by atoms with Gasteiger partial charge in [-0.15, -0.1) is 0 Å². The molecule has 1 heterocycles. The number of nitrogens with zero attached hydrogens (tertiary/aromatic N) is 1. The Morgan fingerprint density at radius 3 is 2.33 bits per heavy atom. The Kier molecular flexibility index (Phi) is 5.00. The number of hydrogen-bond acceptors (Lipinski definition) is 3. The van der Waals surface area contributed by atoms with Crippen LogP contribution in [0.1, 0.15) is 31.7 Å². The third kappa shape index (κ3) is 4.04. The number of sulfonamides is 1. The van der Waals surface area contributed by atoms with Crippen LogP contribution >= 0.6 is 0 Å². The predicted octanol–water partition coefficient (Wildman–Crippen LogP) is 2.12. The summed E-state index contributed by atoms with van der Waals surface area (Å²) in [7, 11) is -3.42. The molecule has 1 aromatic rings. The maximum atomic E-state index is 12.5. The highest BCUT2D eigenvalue weighted by molar-refractivity contribution is 7.89. The molecular formula is C15H21NO4S. The van der Waals surface area contributed by atoms with Crippen LogP contribution in [0.3, 0.4) is 0 Å². The first-order valence-corrected chi connectivity index (χ1v) is 8.64. The molecule has 21 heavy (non-hydrogen) atoms.